The van der Waals surface area contributed by atoms with Crippen LogP contribution in [0, 0.1) is 5.82 Å². The van der Waals surface area contributed by atoms with Crippen LogP contribution in [0.1, 0.15) is 19.4 Å². The molecule has 0 heterocycles. The smallest absolute Gasteiger partial charge is 0.240 e. The molecular weight excluding hydrogens is 333 g/mol. The van der Waals surface area contributed by atoms with Gasteiger partial charge in [-0.2, -0.15) is 0 Å². The molecule has 0 unspecified atom stereocenters. The Labute approximate surface area is 141 Å². The Morgan fingerprint density at radius 2 is 1.58 bits per heavy atom. The van der Waals surface area contributed by atoms with Crippen LogP contribution in [0.25, 0.3) is 0 Å². The first-order valence-corrected chi connectivity index (χ1v) is 9.08. The standard InChI is InChI=1S/C17H20FNO4S/c1-3-22-16-10-5-13(11-17(16)23-4-2)12-19-24(20,21)15-8-6-14(18)7-9-15/h5-11,19H,3-4,12H2,1-2H3. The van der Waals surface area contributed by atoms with Crippen molar-refractivity contribution in [1.82, 2.24) is 4.72 Å². The molecule has 2 aromatic rings. The number of rotatable bonds is 8. The Hall–Kier alpha value is -2.12. The number of benzene rings is 2. The van der Waals surface area contributed by atoms with E-state index in [0.29, 0.717) is 24.7 Å². The van der Waals surface area contributed by atoms with Crippen LogP contribution in [0.4, 0.5) is 4.39 Å². The third-order valence-electron chi connectivity index (χ3n) is 3.20. The molecule has 0 aromatic heterocycles. The normalized spacial score (nSPS) is 11.3. The molecule has 0 amide bonds. The van der Waals surface area contributed by atoms with Gasteiger partial charge in [-0.15, -0.1) is 0 Å². The highest BCUT2D eigenvalue weighted by Crippen LogP contribution is 2.28. The molecule has 0 saturated carbocycles. The van der Waals surface area contributed by atoms with E-state index in [0.717, 1.165) is 17.7 Å². The molecule has 2 aromatic carbocycles. The van der Waals surface area contributed by atoms with E-state index < -0.39 is 15.8 Å². The maximum Gasteiger partial charge on any atom is 0.240 e. The monoisotopic (exact) mass is 353 g/mol. The number of halogens is 1. The van der Waals surface area contributed by atoms with Gasteiger partial charge in [0.15, 0.2) is 11.5 Å². The summed E-state index contributed by atoms with van der Waals surface area (Å²) >= 11 is 0. The summed E-state index contributed by atoms with van der Waals surface area (Å²) in [6.07, 6.45) is 0. The van der Waals surface area contributed by atoms with E-state index in [4.69, 9.17) is 9.47 Å². The molecule has 0 spiro atoms. The van der Waals surface area contributed by atoms with Crippen molar-refractivity contribution in [1.29, 1.82) is 0 Å². The molecule has 0 radical (unpaired) electrons. The van der Waals surface area contributed by atoms with Crippen LogP contribution in [-0.2, 0) is 16.6 Å². The van der Waals surface area contributed by atoms with E-state index >= 15 is 0 Å². The number of hydrogen-bond acceptors (Lipinski definition) is 4. The van der Waals surface area contributed by atoms with Crippen molar-refractivity contribution in [2.24, 2.45) is 0 Å². The average molecular weight is 353 g/mol. The van der Waals surface area contributed by atoms with Crippen LogP contribution in [0.15, 0.2) is 47.4 Å². The van der Waals surface area contributed by atoms with Gasteiger partial charge in [0.25, 0.3) is 0 Å². The second kappa shape index (κ2) is 8.12. The summed E-state index contributed by atoms with van der Waals surface area (Å²) in [7, 11) is -3.71. The van der Waals surface area contributed by atoms with Crippen LogP contribution >= 0.6 is 0 Å². The van der Waals surface area contributed by atoms with Crippen LogP contribution < -0.4 is 14.2 Å². The molecule has 0 aliphatic heterocycles. The Kier molecular flexibility index (Phi) is 6.16. The topological polar surface area (TPSA) is 64.6 Å². The summed E-state index contributed by atoms with van der Waals surface area (Å²) in [4.78, 5) is 0.0138. The summed E-state index contributed by atoms with van der Waals surface area (Å²) in [6, 6.07) is 9.92. The fraction of sp³-hybridized carbons (Fsp3) is 0.294. The van der Waals surface area contributed by atoms with Gasteiger partial charge in [-0.25, -0.2) is 17.5 Å². The van der Waals surface area contributed by atoms with Crippen molar-refractivity contribution in [3.8, 4) is 11.5 Å². The van der Waals surface area contributed by atoms with Crippen molar-refractivity contribution in [2.45, 2.75) is 25.3 Å². The Morgan fingerprint density at radius 1 is 0.958 bits per heavy atom. The summed E-state index contributed by atoms with van der Waals surface area (Å²) in [6.45, 7) is 4.81. The largest absolute Gasteiger partial charge is 0.490 e. The minimum atomic E-state index is -3.71. The first-order valence-electron chi connectivity index (χ1n) is 7.60. The Balaban J connectivity index is 2.13. The highest BCUT2D eigenvalue weighted by molar-refractivity contribution is 7.89. The molecule has 130 valence electrons. The number of sulfonamides is 1. The average Bonchev–Trinajstić information content (AvgIpc) is 2.56. The van der Waals surface area contributed by atoms with Gasteiger partial charge < -0.3 is 9.47 Å². The minimum absolute atomic E-state index is 0.0138. The zero-order valence-corrected chi connectivity index (χ0v) is 14.4. The second-order valence-corrected chi connectivity index (χ2v) is 6.69. The van der Waals surface area contributed by atoms with Crippen molar-refractivity contribution >= 4 is 10.0 Å². The zero-order valence-electron chi connectivity index (χ0n) is 13.6. The highest BCUT2D eigenvalue weighted by atomic mass is 32.2. The molecule has 7 heteroatoms. The van der Waals surface area contributed by atoms with Gasteiger partial charge in [0, 0.05) is 6.54 Å². The van der Waals surface area contributed by atoms with Gasteiger partial charge in [0.05, 0.1) is 18.1 Å². The minimum Gasteiger partial charge on any atom is -0.490 e. The van der Waals surface area contributed by atoms with E-state index in [2.05, 4.69) is 4.72 Å². The SMILES string of the molecule is CCOc1ccc(CNS(=O)(=O)c2ccc(F)cc2)cc1OCC. The van der Waals surface area contributed by atoms with Crippen LogP contribution in [0.3, 0.4) is 0 Å². The van der Waals surface area contributed by atoms with Gasteiger partial charge in [-0.05, 0) is 55.8 Å². The molecule has 0 atom stereocenters. The first kappa shape index (κ1) is 18.2. The van der Waals surface area contributed by atoms with E-state index in [1.807, 2.05) is 13.8 Å². The lowest BCUT2D eigenvalue weighted by Gasteiger charge is -2.13. The quantitative estimate of drug-likeness (QED) is 0.792. The van der Waals surface area contributed by atoms with Crippen LogP contribution in [0.2, 0.25) is 0 Å². The molecule has 1 N–H and O–H groups in total. The zero-order chi connectivity index (χ0) is 17.6. The Morgan fingerprint density at radius 3 is 2.21 bits per heavy atom. The lowest BCUT2D eigenvalue weighted by molar-refractivity contribution is 0.287. The summed E-state index contributed by atoms with van der Waals surface area (Å²) in [5, 5.41) is 0. The summed E-state index contributed by atoms with van der Waals surface area (Å²) in [5.74, 6) is 0.698. The van der Waals surface area contributed by atoms with Crippen molar-refractivity contribution < 1.29 is 22.3 Å². The number of ether oxygens (including phenoxy) is 2. The Bertz CT molecular complexity index is 776. The molecular formula is C17H20FNO4S. The fourth-order valence-electron chi connectivity index (χ4n) is 2.08. The van der Waals surface area contributed by atoms with Gasteiger partial charge >= 0.3 is 0 Å². The third-order valence-corrected chi connectivity index (χ3v) is 4.62. The summed E-state index contributed by atoms with van der Waals surface area (Å²) < 4.78 is 50.8. The molecule has 0 saturated heterocycles. The molecule has 0 aliphatic carbocycles. The molecule has 2 rings (SSSR count). The van der Waals surface area contributed by atoms with Crippen LogP contribution in [-0.4, -0.2) is 21.6 Å². The van der Waals surface area contributed by atoms with Crippen molar-refractivity contribution in [3.63, 3.8) is 0 Å². The lowest BCUT2D eigenvalue weighted by Crippen LogP contribution is -2.23. The summed E-state index contributed by atoms with van der Waals surface area (Å²) in [5.41, 5.74) is 0.729. The van der Waals surface area contributed by atoms with Gasteiger partial charge in [0.2, 0.25) is 10.0 Å². The molecule has 24 heavy (non-hydrogen) atoms. The van der Waals surface area contributed by atoms with E-state index in [-0.39, 0.29) is 11.4 Å². The van der Waals surface area contributed by atoms with Gasteiger partial charge in [-0.3, -0.25) is 0 Å². The second-order valence-electron chi connectivity index (χ2n) is 4.93. The molecule has 5 nitrogen and oxygen atoms in total. The molecule has 0 bridgehead atoms. The number of hydrogen-bond donors (Lipinski definition) is 1. The molecule has 0 aliphatic rings. The lowest BCUT2D eigenvalue weighted by atomic mass is 10.2. The van der Waals surface area contributed by atoms with Crippen molar-refractivity contribution in [3.05, 3.63) is 53.8 Å². The maximum atomic E-state index is 12.9. The fourth-order valence-corrected chi connectivity index (χ4v) is 3.10. The maximum absolute atomic E-state index is 12.9. The van der Waals surface area contributed by atoms with Gasteiger partial charge in [0.1, 0.15) is 5.82 Å². The van der Waals surface area contributed by atoms with Crippen LogP contribution in [0.5, 0.6) is 11.5 Å². The van der Waals surface area contributed by atoms with Gasteiger partial charge in [-0.1, -0.05) is 6.07 Å². The third kappa shape index (κ3) is 4.69. The van der Waals surface area contributed by atoms with E-state index in [1.54, 1.807) is 18.2 Å². The first-order chi connectivity index (χ1) is 11.5. The van der Waals surface area contributed by atoms with E-state index in [9.17, 15) is 12.8 Å². The molecule has 0 fully saturated rings. The van der Waals surface area contributed by atoms with E-state index in [1.165, 1.54) is 12.1 Å². The number of nitrogens with one attached hydrogen (secondary N) is 1. The predicted molar refractivity (Wildman–Crippen MR) is 89.2 cm³/mol. The van der Waals surface area contributed by atoms with Crippen molar-refractivity contribution in [2.75, 3.05) is 13.2 Å². The predicted octanol–water partition coefficient (Wildman–Crippen LogP) is 3.10. The highest BCUT2D eigenvalue weighted by Gasteiger charge is 2.14.